The molecule has 0 radical (unpaired) electrons. The number of hydrogen-bond acceptors (Lipinski definition) is 8. The molecule has 226 valence electrons. The second-order valence-electron chi connectivity index (χ2n) is 11.3. The third kappa shape index (κ3) is 5.95. The van der Waals surface area contributed by atoms with Gasteiger partial charge in [-0.1, -0.05) is 36.0 Å². The van der Waals surface area contributed by atoms with Gasteiger partial charge < -0.3 is 15.5 Å². The van der Waals surface area contributed by atoms with Gasteiger partial charge in [0, 0.05) is 60.8 Å². The van der Waals surface area contributed by atoms with Gasteiger partial charge >= 0.3 is 0 Å². The normalized spacial score (nSPS) is 18.0. The molecule has 2 aromatic heterocycles. The number of fused-ring (bicyclic) bond motifs is 1. The summed E-state index contributed by atoms with van der Waals surface area (Å²) in [6, 6.07) is 9.38. The van der Waals surface area contributed by atoms with Gasteiger partial charge in [0.05, 0.1) is 26.2 Å². The molecule has 3 heterocycles. The smallest absolute Gasteiger partial charge is 0.260 e. The summed E-state index contributed by atoms with van der Waals surface area (Å²) >= 11 is 13.1. The van der Waals surface area contributed by atoms with Crippen molar-refractivity contribution in [3.63, 3.8) is 0 Å². The quantitative estimate of drug-likeness (QED) is 0.264. The molecule has 43 heavy (non-hydrogen) atoms. The third-order valence-electron chi connectivity index (χ3n) is 8.09. The Labute approximate surface area is 259 Å². The molecule has 1 unspecified atom stereocenters. The largest absolute Gasteiger partial charge is 0.366 e. The van der Waals surface area contributed by atoms with Crippen LogP contribution in [0, 0.1) is 5.82 Å². The van der Waals surface area contributed by atoms with E-state index >= 15 is 4.39 Å². The van der Waals surface area contributed by atoms with E-state index in [4.69, 9.17) is 28.2 Å². The van der Waals surface area contributed by atoms with Crippen molar-refractivity contribution in [3.8, 4) is 11.1 Å². The molecule has 2 fully saturated rings. The SMILES string of the molecule is CC1CN(c2ccc(Nc3ncc4cc(-c5c(Cl)cc(S(C)(=O)=O)cc5Cl)c(=O)n(C5CCCC5)c4n3)cc2F)CCN1. The maximum Gasteiger partial charge on any atom is 0.260 e. The standard InChI is InChI=1S/C30H31Cl2FN6O3S/c1-17-16-38(10-9-34-17)26-8-7-19(12-25(26)33)36-30-35-15-18-11-22(27-23(31)13-21(14-24(27)32)43(2,41)42)29(40)39(28(18)37-30)20-5-3-4-6-20/h7-8,11-15,17,20,34H,3-6,9-10,16H2,1-2H3,(H,35,36,37). The summed E-state index contributed by atoms with van der Waals surface area (Å²) < 4.78 is 41.0. The lowest BCUT2D eigenvalue weighted by Crippen LogP contribution is -2.49. The van der Waals surface area contributed by atoms with E-state index in [1.165, 1.54) is 18.2 Å². The molecule has 1 aliphatic heterocycles. The molecule has 0 amide bonds. The second kappa shape index (κ2) is 11.7. The first kappa shape index (κ1) is 29.8. The highest BCUT2D eigenvalue weighted by atomic mass is 35.5. The summed E-state index contributed by atoms with van der Waals surface area (Å²) in [5, 5.41) is 7.15. The average Bonchev–Trinajstić information content (AvgIpc) is 3.47. The van der Waals surface area contributed by atoms with Crippen LogP contribution in [0.1, 0.15) is 38.6 Å². The van der Waals surface area contributed by atoms with E-state index in [0.717, 1.165) is 51.6 Å². The number of aromatic nitrogens is 3. The van der Waals surface area contributed by atoms with Crippen molar-refractivity contribution < 1.29 is 12.8 Å². The van der Waals surface area contributed by atoms with E-state index in [-0.39, 0.29) is 55.5 Å². The first-order chi connectivity index (χ1) is 20.5. The number of anilines is 3. The number of nitrogens with zero attached hydrogens (tertiary/aromatic N) is 4. The molecule has 0 spiro atoms. The van der Waals surface area contributed by atoms with Crippen molar-refractivity contribution in [2.45, 2.75) is 49.6 Å². The fraction of sp³-hybridized carbons (Fsp3) is 0.367. The number of sulfone groups is 1. The summed E-state index contributed by atoms with van der Waals surface area (Å²) in [7, 11) is -3.56. The minimum atomic E-state index is -3.56. The predicted molar refractivity (Wildman–Crippen MR) is 169 cm³/mol. The summed E-state index contributed by atoms with van der Waals surface area (Å²) in [5.41, 5.74) is 1.62. The fourth-order valence-corrected chi connectivity index (χ4v) is 7.49. The highest BCUT2D eigenvalue weighted by molar-refractivity contribution is 7.90. The minimum absolute atomic E-state index is 0.0332. The molecule has 1 atom stereocenters. The van der Waals surface area contributed by atoms with Crippen LogP contribution < -0.4 is 21.1 Å². The first-order valence-corrected chi connectivity index (χ1v) is 16.8. The number of rotatable bonds is 6. The predicted octanol–water partition coefficient (Wildman–Crippen LogP) is 5.96. The molecule has 4 aromatic rings. The molecule has 13 heteroatoms. The molecule has 0 bridgehead atoms. The molecule has 1 saturated heterocycles. The van der Waals surface area contributed by atoms with E-state index in [9.17, 15) is 13.2 Å². The van der Waals surface area contributed by atoms with Crippen molar-refractivity contribution >= 4 is 61.4 Å². The van der Waals surface area contributed by atoms with Gasteiger partial charge in [-0.3, -0.25) is 9.36 Å². The van der Waals surface area contributed by atoms with E-state index in [1.807, 2.05) is 4.90 Å². The van der Waals surface area contributed by atoms with Crippen molar-refractivity contribution in [2.24, 2.45) is 0 Å². The number of nitrogens with one attached hydrogen (secondary N) is 2. The molecule has 9 nitrogen and oxygen atoms in total. The molecule has 1 saturated carbocycles. The molecule has 1 aliphatic carbocycles. The van der Waals surface area contributed by atoms with E-state index in [1.54, 1.807) is 29.0 Å². The lowest BCUT2D eigenvalue weighted by Gasteiger charge is -2.33. The van der Waals surface area contributed by atoms with Crippen LogP contribution in [0.3, 0.4) is 0 Å². The summed E-state index contributed by atoms with van der Waals surface area (Å²) in [5.74, 6) is -0.119. The van der Waals surface area contributed by atoms with Crippen LogP contribution in [-0.2, 0) is 9.84 Å². The van der Waals surface area contributed by atoms with Gasteiger partial charge in [0.15, 0.2) is 9.84 Å². The molecular weight excluding hydrogens is 614 g/mol. The van der Waals surface area contributed by atoms with E-state index < -0.39 is 9.84 Å². The summed E-state index contributed by atoms with van der Waals surface area (Å²) in [4.78, 5) is 25.2. The van der Waals surface area contributed by atoms with Crippen molar-refractivity contribution in [2.75, 3.05) is 36.1 Å². The number of benzene rings is 2. The van der Waals surface area contributed by atoms with Gasteiger partial charge in [0.2, 0.25) is 5.95 Å². The van der Waals surface area contributed by atoms with E-state index in [2.05, 4.69) is 22.5 Å². The molecule has 2 N–H and O–H groups in total. The minimum Gasteiger partial charge on any atom is -0.366 e. The van der Waals surface area contributed by atoms with Crippen LogP contribution in [0.2, 0.25) is 10.0 Å². The monoisotopic (exact) mass is 644 g/mol. The Kier molecular flexibility index (Phi) is 8.10. The molecule has 2 aliphatic rings. The Morgan fingerprint density at radius 1 is 1.09 bits per heavy atom. The molecular formula is C30H31Cl2FN6O3S. The zero-order chi connectivity index (χ0) is 30.5. The van der Waals surface area contributed by atoms with Crippen LogP contribution in [-0.4, -0.2) is 54.9 Å². The fourth-order valence-electron chi connectivity index (χ4n) is 6.00. The first-order valence-electron chi connectivity index (χ1n) is 14.2. The van der Waals surface area contributed by atoms with Gasteiger partial charge in [-0.15, -0.1) is 0 Å². The van der Waals surface area contributed by atoms with Crippen LogP contribution >= 0.6 is 23.2 Å². The summed E-state index contributed by atoms with van der Waals surface area (Å²) in [6.07, 6.45) is 6.21. The highest BCUT2D eigenvalue weighted by Gasteiger charge is 2.26. The van der Waals surface area contributed by atoms with Crippen LogP contribution in [0.15, 0.2) is 52.3 Å². The Morgan fingerprint density at radius 3 is 2.47 bits per heavy atom. The number of piperazine rings is 1. The maximum absolute atomic E-state index is 15.2. The van der Waals surface area contributed by atoms with Crippen molar-refractivity contribution in [1.82, 2.24) is 19.9 Å². The van der Waals surface area contributed by atoms with Crippen molar-refractivity contribution in [3.05, 3.63) is 68.8 Å². The number of hydrogen-bond donors (Lipinski definition) is 2. The summed E-state index contributed by atoms with van der Waals surface area (Å²) in [6.45, 7) is 4.31. The zero-order valence-corrected chi connectivity index (χ0v) is 26.0. The average molecular weight is 646 g/mol. The zero-order valence-electron chi connectivity index (χ0n) is 23.7. The maximum atomic E-state index is 15.2. The van der Waals surface area contributed by atoms with Crippen LogP contribution in [0.5, 0.6) is 0 Å². The Morgan fingerprint density at radius 2 is 1.81 bits per heavy atom. The highest BCUT2D eigenvalue weighted by Crippen LogP contribution is 2.38. The third-order valence-corrected chi connectivity index (χ3v) is 9.78. The number of pyridine rings is 1. The molecule has 2 aromatic carbocycles. The second-order valence-corrected chi connectivity index (χ2v) is 14.1. The topological polar surface area (TPSA) is 109 Å². The number of halogens is 3. The van der Waals surface area contributed by atoms with Gasteiger partial charge in [0.25, 0.3) is 5.56 Å². The Balaban J connectivity index is 1.40. The lowest BCUT2D eigenvalue weighted by atomic mass is 10.0. The molecule has 6 rings (SSSR count). The van der Waals surface area contributed by atoms with Gasteiger partial charge in [-0.05, 0) is 56.2 Å². The Bertz CT molecular complexity index is 1870. The van der Waals surface area contributed by atoms with Gasteiger partial charge in [0.1, 0.15) is 11.5 Å². The lowest BCUT2D eigenvalue weighted by molar-refractivity contribution is 0.478. The van der Waals surface area contributed by atoms with E-state index in [0.29, 0.717) is 22.4 Å². The van der Waals surface area contributed by atoms with Crippen LogP contribution in [0.25, 0.3) is 22.2 Å². The van der Waals surface area contributed by atoms with Crippen molar-refractivity contribution in [1.29, 1.82) is 0 Å². The van der Waals surface area contributed by atoms with Crippen LogP contribution in [0.4, 0.5) is 21.7 Å². The van der Waals surface area contributed by atoms with Gasteiger partial charge in [-0.2, -0.15) is 4.98 Å². The Hall–Kier alpha value is -3.25. The van der Waals surface area contributed by atoms with Gasteiger partial charge in [-0.25, -0.2) is 17.8 Å².